The molecule has 6 nitrogen and oxygen atoms in total. The lowest BCUT2D eigenvalue weighted by Gasteiger charge is -2.31. The Balaban J connectivity index is 1.89. The summed E-state index contributed by atoms with van der Waals surface area (Å²) in [4.78, 5) is 18.5. The van der Waals surface area contributed by atoms with Gasteiger partial charge in [0.1, 0.15) is 0 Å². The number of nitrogens with one attached hydrogen (secondary N) is 2. The average molecular weight is 278 g/mol. The Morgan fingerprint density at radius 3 is 2.85 bits per heavy atom. The van der Waals surface area contributed by atoms with Crippen molar-refractivity contribution in [1.82, 2.24) is 15.2 Å². The van der Waals surface area contributed by atoms with Crippen LogP contribution in [0.25, 0.3) is 0 Å². The van der Waals surface area contributed by atoms with Gasteiger partial charge in [-0.25, -0.2) is 4.98 Å². The lowest BCUT2D eigenvalue weighted by molar-refractivity contribution is -0.120. The van der Waals surface area contributed by atoms with Gasteiger partial charge in [-0.3, -0.25) is 9.69 Å². The van der Waals surface area contributed by atoms with Crippen molar-refractivity contribution in [1.29, 1.82) is 0 Å². The Labute approximate surface area is 119 Å². The molecule has 1 fully saturated rings. The minimum Gasteiger partial charge on any atom is -0.478 e. The first kappa shape index (κ1) is 14.7. The molecule has 1 amide bonds. The number of pyridine rings is 1. The largest absolute Gasteiger partial charge is 0.478 e. The molecule has 110 valence electrons. The normalized spacial score (nSPS) is 17.5. The molecule has 6 heteroatoms. The van der Waals surface area contributed by atoms with Crippen LogP contribution < -0.4 is 15.4 Å². The van der Waals surface area contributed by atoms with E-state index in [2.05, 4.69) is 20.5 Å². The first-order valence-electron chi connectivity index (χ1n) is 7.05. The number of carbonyl (C=O) groups is 1. The molecule has 0 aromatic carbocycles. The van der Waals surface area contributed by atoms with Crippen LogP contribution in [-0.4, -0.2) is 54.6 Å². The highest BCUT2D eigenvalue weighted by Gasteiger charge is 2.22. The topological polar surface area (TPSA) is 66.5 Å². The number of rotatable bonds is 5. The van der Waals surface area contributed by atoms with Crippen molar-refractivity contribution < 1.29 is 9.53 Å². The fourth-order valence-corrected chi connectivity index (χ4v) is 2.17. The second-order valence-electron chi connectivity index (χ2n) is 4.77. The lowest BCUT2D eigenvalue weighted by atomic mass is 10.2. The van der Waals surface area contributed by atoms with E-state index in [-0.39, 0.29) is 11.9 Å². The number of amides is 1. The van der Waals surface area contributed by atoms with E-state index in [0.717, 1.165) is 26.2 Å². The summed E-state index contributed by atoms with van der Waals surface area (Å²) >= 11 is 0. The maximum atomic E-state index is 12.2. The zero-order chi connectivity index (χ0) is 14.4. The third-order valence-corrected chi connectivity index (χ3v) is 3.37. The highest BCUT2D eigenvalue weighted by molar-refractivity contribution is 5.94. The van der Waals surface area contributed by atoms with Gasteiger partial charge in [0, 0.05) is 32.2 Å². The van der Waals surface area contributed by atoms with Crippen molar-refractivity contribution in [2.24, 2.45) is 0 Å². The Kier molecular flexibility index (Phi) is 5.31. The van der Waals surface area contributed by atoms with Crippen molar-refractivity contribution in [2.45, 2.75) is 19.9 Å². The minimum atomic E-state index is -0.135. The van der Waals surface area contributed by atoms with Crippen molar-refractivity contribution in [3.8, 4) is 5.88 Å². The van der Waals surface area contributed by atoms with Crippen LogP contribution in [0.4, 0.5) is 5.69 Å². The monoisotopic (exact) mass is 278 g/mol. The number of hydrogen-bond acceptors (Lipinski definition) is 5. The molecule has 0 saturated carbocycles. The van der Waals surface area contributed by atoms with Crippen molar-refractivity contribution in [2.75, 3.05) is 38.1 Å². The van der Waals surface area contributed by atoms with Crippen LogP contribution in [0.3, 0.4) is 0 Å². The van der Waals surface area contributed by atoms with E-state index in [9.17, 15) is 4.79 Å². The first-order chi connectivity index (χ1) is 9.70. The fourth-order valence-electron chi connectivity index (χ4n) is 2.17. The van der Waals surface area contributed by atoms with Crippen LogP contribution in [0.15, 0.2) is 18.3 Å². The molecule has 1 aromatic rings. The summed E-state index contributed by atoms with van der Waals surface area (Å²) in [5.41, 5.74) is 0.695. The van der Waals surface area contributed by atoms with Crippen molar-refractivity contribution >= 4 is 11.6 Å². The number of anilines is 1. The van der Waals surface area contributed by atoms with Gasteiger partial charge in [0.05, 0.1) is 24.5 Å². The molecular weight excluding hydrogens is 256 g/mol. The molecule has 2 heterocycles. The van der Waals surface area contributed by atoms with Gasteiger partial charge < -0.3 is 15.4 Å². The number of ether oxygens (including phenoxy) is 1. The van der Waals surface area contributed by atoms with Gasteiger partial charge in [-0.2, -0.15) is 0 Å². The molecule has 0 bridgehead atoms. The van der Waals surface area contributed by atoms with Gasteiger partial charge in [-0.1, -0.05) is 0 Å². The standard InChI is InChI=1S/C14H22N4O2/c1-3-20-13-5-4-12(10-16-13)17-14(19)11(2)18-8-6-15-7-9-18/h4-5,10-11,15H,3,6-9H2,1-2H3,(H,17,19). The fraction of sp³-hybridized carbons (Fsp3) is 0.571. The van der Waals surface area contributed by atoms with E-state index in [4.69, 9.17) is 4.74 Å². The van der Waals surface area contributed by atoms with Gasteiger partial charge in [-0.15, -0.1) is 0 Å². The Morgan fingerprint density at radius 2 is 2.25 bits per heavy atom. The molecule has 20 heavy (non-hydrogen) atoms. The third kappa shape index (κ3) is 3.91. The maximum absolute atomic E-state index is 12.2. The number of nitrogens with zero attached hydrogens (tertiary/aromatic N) is 2. The smallest absolute Gasteiger partial charge is 0.241 e. The molecule has 1 aromatic heterocycles. The summed E-state index contributed by atoms with van der Waals surface area (Å²) in [6.07, 6.45) is 1.62. The maximum Gasteiger partial charge on any atom is 0.241 e. The van der Waals surface area contributed by atoms with Gasteiger partial charge in [0.2, 0.25) is 11.8 Å². The third-order valence-electron chi connectivity index (χ3n) is 3.37. The van der Waals surface area contributed by atoms with Crippen LogP contribution in [0.5, 0.6) is 5.88 Å². The van der Waals surface area contributed by atoms with Crippen LogP contribution >= 0.6 is 0 Å². The van der Waals surface area contributed by atoms with Crippen LogP contribution in [0.2, 0.25) is 0 Å². The predicted molar refractivity (Wildman–Crippen MR) is 77.9 cm³/mol. The minimum absolute atomic E-state index is 0.00198. The van der Waals surface area contributed by atoms with E-state index >= 15 is 0 Å². The Bertz CT molecular complexity index is 429. The second kappa shape index (κ2) is 7.21. The summed E-state index contributed by atoms with van der Waals surface area (Å²) < 4.78 is 5.27. The number of carbonyl (C=O) groups excluding carboxylic acids is 1. The number of hydrogen-bond donors (Lipinski definition) is 2. The Morgan fingerprint density at radius 1 is 1.50 bits per heavy atom. The zero-order valence-corrected chi connectivity index (χ0v) is 12.1. The SMILES string of the molecule is CCOc1ccc(NC(=O)C(C)N2CCNCC2)cn1. The van der Waals surface area contributed by atoms with Gasteiger partial charge in [0.15, 0.2) is 0 Å². The van der Waals surface area contributed by atoms with E-state index in [0.29, 0.717) is 18.2 Å². The molecule has 2 N–H and O–H groups in total. The molecule has 1 saturated heterocycles. The van der Waals surface area contributed by atoms with E-state index in [1.807, 2.05) is 13.8 Å². The molecule has 2 rings (SSSR count). The van der Waals surface area contributed by atoms with E-state index in [1.165, 1.54) is 0 Å². The molecular formula is C14H22N4O2. The van der Waals surface area contributed by atoms with Gasteiger partial charge in [0.25, 0.3) is 0 Å². The summed E-state index contributed by atoms with van der Waals surface area (Å²) in [5, 5.41) is 6.17. The summed E-state index contributed by atoms with van der Waals surface area (Å²) in [7, 11) is 0. The molecule has 1 aliphatic heterocycles. The zero-order valence-electron chi connectivity index (χ0n) is 12.1. The average Bonchev–Trinajstić information content (AvgIpc) is 2.49. The van der Waals surface area contributed by atoms with E-state index < -0.39 is 0 Å². The van der Waals surface area contributed by atoms with Crippen molar-refractivity contribution in [3.63, 3.8) is 0 Å². The first-order valence-corrected chi connectivity index (χ1v) is 7.05. The second-order valence-corrected chi connectivity index (χ2v) is 4.77. The van der Waals surface area contributed by atoms with Gasteiger partial charge >= 0.3 is 0 Å². The summed E-state index contributed by atoms with van der Waals surface area (Å²) in [6.45, 7) is 8.09. The number of aromatic nitrogens is 1. The molecule has 1 aliphatic rings. The molecule has 1 atom stereocenters. The lowest BCUT2D eigenvalue weighted by Crippen LogP contribution is -2.51. The number of piperazine rings is 1. The van der Waals surface area contributed by atoms with Crippen LogP contribution in [-0.2, 0) is 4.79 Å². The summed E-state index contributed by atoms with van der Waals surface area (Å²) in [5.74, 6) is 0.568. The summed E-state index contributed by atoms with van der Waals surface area (Å²) in [6, 6.07) is 3.43. The molecule has 0 aliphatic carbocycles. The molecule has 1 unspecified atom stereocenters. The highest BCUT2D eigenvalue weighted by atomic mass is 16.5. The Hall–Kier alpha value is -1.66. The van der Waals surface area contributed by atoms with Crippen molar-refractivity contribution in [3.05, 3.63) is 18.3 Å². The van der Waals surface area contributed by atoms with Crippen LogP contribution in [0.1, 0.15) is 13.8 Å². The van der Waals surface area contributed by atoms with Crippen LogP contribution in [0, 0.1) is 0 Å². The quantitative estimate of drug-likeness (QED) is 0.830. The van der Waals surface area contributed by atoms with E-state index in [1.54, 1.807) is 18.3 Å². The molecule has 0 spiro atoms. The molecule has 0 radical (unpaired) electrons. The highest BCUT2D eigenvalue weighted by Crippen LogP contribution is 2.12. The van der Waals surface area contributed by atoms with Gasteiger partial charge in [-0.05, 0) is 19.9 Å². The predicted octanol–water partition coefficient (Wildman–Crippen LogP) is 0.712.